The molecule has 0 N–H and O–H groups in total. The lowest BCUT2D eigenvalue weighted by molar-refractivity contribution is 0.252. The molecule has 2 aromatic rings. The number of methoxy groups -OCH3 is 1. The Labute approximate surface area is 168 Å². The van der Waals surface area contributed by atoms with Crippen LogP contribution in [0.2, 0.25) is 0 Å². The van der Waals surface area contributed by atoms with Gasteiger partial charge in [-0.1, -0.05) is 20.8 Å². The number of nitrogens with zero attached hydrogens (tertiary/aromatic N) is 3. The van der Waals surface area contributed by atoms with Crippen LogP contribution in [0.3, 0.4) is 0 Å². The van der Waals surface area contributed by atoms with Gasteiger partial charge in [-0.25, -0.2) is 13.4 Å². The molecule has 2 heterocycles. The predicted molar refractivity (Wildman–Crippen MR) is 110 cm³/mol. The summed E-state index contributed by atoms with van der Waals surface area (Å²) in [6.07, 6.45) is 5.52. The lowest BCUT2D eigenvalue weighted by Gasteiger charge is -2.32. The van der Waals surface area contributed by atoms with E-state index in [1.54, 1.807) is 29.6 Å². The molecule has 1 aliphatic heterocycles. The minimum atomic E-state index is -3.50. The fraction of sp³-hybridized carbons (Fsp3) is 0.571. The second-order valence-electron chi connectivity index (χ2n) is 8.59. The lowest BCUT2D eigenvalue weighted by atomic mass is 9.86. The standard InChI is InChI=1S/C21H31N3O3S/c1-16-22-10-13-23(16)15-17-8-11-24(12-9-17)28(25,26)18-6-7-20(27-5)19(14-18)21(2,3)4/h6-7,10,13-14,17H,8-9,11-12,15H2,1-5H3. The van der Waals surface area contributed by atoms with Crippen molar-refractivity contribution in [2.45, 2.75) is 57.4 Å². The summed E-state index contributed by atoms with van der Waals surface area (Å²) >= 11 is 0. The van der Waals surface area contributed by atoms with Gasteiger partial charge in [-0.2, -0.15) is 4.31 Å². The Morgan fingerprint density at radius 1 is 1.21 bits per heavy atom. The molecular weight excluding hydrogens is 374 g/mol. The van der Waals surface area contributed by atoms with E-state index >= 15 is 0 Å². The van der Waals surface area contributed by atoms with Crippen molar-refractivity contribution in [2.24, 2.45) is 5.92 Å². The molecule has 0 radical (unpaired) electrons. The van der Waals surface area contributed by atoms with Crippen LogP contribution in [0.25, 0.3) is 0 Å². The van der Waals surface area contributed by atoms with E-state index < -0.39 is 10.0 Å². The van der Waals surface area contributed by atoms with E-state index in [2.05, 4.69) is 30.3 Å². The van der Waals surface area contributed by atoms with Crippen LogP contribution in [0, 0.1) is 12.8 Å². The van der Waals surface area contributed by atoms with Crippen LogP contribution >= 0.6 is 0 Å². The first-order valence-electron chi connectivity index (χ1n) is 9.79. The van der Waals surface area contributed by atoms with Crippen LogP contribution in [0.4, 0.5) is 0 Å². The molecule has 1 aliphatic rings. The van der Waals surface area contributed by atoms with Crippen LogP contribution in [0.15, 0.2) is 35.5 Å². The summed E-state index contributed by atoms with van der Waals surface area (Å²) in [5.74, 6) is 2.20. The van der Waals surface area contributed by atoms with Gasteiger partial charge in [0.15, 0.2) is 0 Å². The van der Waals surface area contributed by atoms with Gasteiger partial charge in [0.05, 0.1) is 12.0 Å². The summed E-state index contributed by atoms with van der Waals surface area (Å²) in [7, 11) is -1.89. The van der Waals surface area contributed by atoms with Gasteiger partial charge in [-0.15, -0.1) is 0 Å². The van der Waals surface area contributed by atoms with Crippen molar-refractivity contribution < 1.29 is 13.2 Å². The summed E-state index contributed by atoms with van der Waals surface area (Å²) in [4.78, 5) is 4.61. The highest BCUT2D eigenvalue weighted by atomic mass is 32.2. The number of ether oxygens (including phenoxy) is 1. The highest BCUT2D eigenvalue weighted by Crippen LogP contribution is 2.34. The van der Waals surface area contributed by atoms with Gasteiger partial charge in [0, 0.05) is 37.6 Å². The van der Waals surface area contributed by atoms with Crippen LogP contribution in [-0.2, 0) is 22.0 Å². The van der Waals surface area contributed by atoms with E-state index in [9.17, 15) is 8.42 Å². The summed E-state index contributed by atoms with van der Waals surface area (Å²) in [5, 5.41) is 0. The maximum absolute atomic E-state index is 13.2. The Kier molecular flexibility index (Phi) is 5.87. The van der Waals surface area contributed by atoms with Crippen molar-refractivity contribution in [3.05, 3.63) is 42.0 Å². The first-order valence-corrected chi connectivity index (χ1v) is 11.2. The molecular formula is C21H31N3O3S. The Hall–Kier alpha value is -1.86. The predicted octanol–water partition coefficient (Wildman–Crippen LogP) is 3.60. The third-order valence-electron chi connectivity index (χ3n) is 5.57. The van der Waals surface area contributed by atoms with E-state index in [0.29, 0.717) is 23.9 Å². The van der Waals surface area contributed by atoms with Crippen LogP contribution in [0.5, 0.6) is 5.75 Å². The molecule has 3 rings (SSSR count). The summed E-state index contributed by atoms with van der Waals surface area (Å²) in [6.45, 7) is 10.2. The molecule has 0 amide bonds. The number of aryl methyl sites for hydroxylation is 1. The largest absolute Gasteiger partial charge is 0.496 e. The minimum absolute atomic E-state index is 0.202. The van der Waals surface area contributed by atoms with Gasteiger partial charge in [-0.05, 0) is 49.3 Å². The van der Waals surface area contributed by atoms with Crippen molar-refractivity contribution in [3.8, 4) is 5.75 Å². The van der Waals surface area contributed by atoms with Crippen molar-refractivity contribution >= 4 is 10.0 Å². The zero-order valence-electron chi connectivity index (χ0n) is 17.5. The highest BCUT2D eigenvalue weighted by molar-refractivity contribution is 7.89. The third-order valence-corrected chi connectivity index (χ3v) is 7.46. The van der Waals surface area contributed by atoms with Gasteiger partial charge in [0.25, 0.3) is 0 Å². The van der Waals surface area contributed by atoms with Crippen LogP contribution in [0.1, 0.15) is 45.0 Å². The quantitative estimate of drug-likeness (QED) is 0.762. The fourth-order valence-corrected chi connectivity index (χ4v) is 5.29. The number of rotatable bonds is 5. The summed E-state index contributed by atoms with van der Waals surface area (Å²) in [6, 6.07) is 5.20. The SMILES string of the molecule is COc1ccc(S(=O)(=O)N2CCC(Cn3ccnc3C)CC2)cc1C(C)(C)C. The van der Waals surface area contributed by atoms with Gasteiger partial charge < -0.3 is 9.30 Å². The second kappa shape index (κ2) is 7.87. The molecule has 1 aromatic heterocycles. The van der Waals surface area contributed by atoms with E-state index in [-0.39, 0.29) is 5.41 Å². The number of imidazole rings is 1. The Bertz CT molecular complexity index is 921. The van der Waals surface area contributed by atoms with E-state index in [0.717, 1.165) is 36.5 Å². The smallest absolute Gasteiger partial charge is 0.243 e. The molecule has 154 valence electrons. The Balaban J connectivity index is 1.75. The zero-order chi connectivity index (χ0) is 20.5. The molecule has 0 unspecified atom stereocenters. The lowest BCUT2D eigenvalue weighted by Crippen LogP contribution is -2.39. The topological polar surface area (TPSA) is 64.4 Å². The number of piperidine rings is 1. The van der Waals surface area contributed by atoms with Crippen molar-refractivity contribution in [3.63, 3.8) is 0 Å². The van der Waals surface area contributed by atoms with E-state index in [1.807, 2.05) is 19.3 Å². The van der Waals surface area contributed by atoms with Crippen molar-refractivity contribution in [2.75, 3.05) is 20.2 Å². The van der Waals surface area contributed by atoms with Gasteiger partial charge in [-0.3, -0.25) is 0 Å². The average molecular weight is 406 g/mol. The first kappa shape index (κ1) is 20.9. The normalized spacial score (nSPS) is 17.0. The van der Waals surface area contributed by atoms with Gasteiger partial charge in [0.2, 0.25) is 10.0 Å². The number of hydrogen-bond acceptors (Lipinski definition) is 4. The zero-order valence-corrected chi connectivity index (χ0v) is 18.3. The third kappa shape index (κ3) is 4.25. The van der Waals surface area contributed by atoms with E-state index in [4.69, 9.17) is 4.74 Å². The maximum atomic E-state index is 13.2. The summed E-state index contributed by atoms with van der Waals surface area (Å²) in [5.41, 5.74) is 0.702. The van der Waals surface area contributed by atoms with Gasteiger partial charge in [0.1, 0.15) is 11.6 Å². The van der Waals surface area contributed by atoms with Crippen LogP contribution < -0.4 is 4.74 Å². The Morgan fingerprint density at radius 2 is 1.89 bits per heavy atom. The molecule has 0 saturated carbocycles. The molecule has 0 aliphatic carbocycles. The number of hydrogen-bond donors (Lipinski definition) is 0. The second-order valence-corrected chi connectivity index (χ2v) is 10.5. The van der Waals surface area contributed by atoms with Crippen molar-refractivity contribution in [1.29, 1.82) is 0 Å². The Morgan fingerprint density at radius 3 is 2.43 bits per heavy atom. The fourth-order valence-electron chi connectivity index (χ4n) is 3.79. The van der Waals surface area contributed by atoms with E-state index in [1.165, 1.54) is 0 Å². The van der Waals surface area contributed by atoms with Crippen molar-refractivity contribution in [1.82, 2.24) is 13.9 Å². The molecule has 0 bridgehead atoms. The molecule has 6 nitrogen and oxygen atoms in total. The van der Waals surface area contributed by atoms with Gasteiger partial charge >= 0.3 is 0 Å². The monoisotopic (exact) mass is 405 g/mol. The molecule has 1 aromatic carbocycles. The summed E-state index contributed by atoms with van der Waals surface area (Å²) < 4.78 is 35.6. The van der Waals surface area contributed by atoms with Crippen LogP contribution in [-0.4, -0.2) is 42.5 Å². The average Bonchev–Trinajstić information content (AvgIpc) is 3.05. The molecule has 0 atom stereocenters. The molecule has 1 fully saturated rings. The molecule has 1 saturated heterocycles. The molecule has 28 heavy (non-hydrogen) atoms. The minimum Gasteiger partial charge on any atom is -0.496 e. The number of sulfonamides is 1. The highest BCUT2D eigenvalue weighted by Gasteiger charge is 2.31. The number of benzene rings is 1. The first-order chi connectivity index (χ1) is 13.1. The molecule has 7 heteroatoms. The molecule has 0 spiro atoms. The number of aromatic nitrogens is 2. The maximum Gasteiger partial charge on any atom is 0.243 e.